The number of nitrogens with one attached hydrogen (secondary N) is 2. The maximum absolute atomic E-state index is 12.4. The summed E-state index contributed by atoms with van der Waals surface area (Å²) in [4.78, 5) is 12.4. The number of furan rings is 1. The van der Waals surface area contributed by atoms with Crippen molar-refractivity contribution in [2.45, 2.75) is 45.7 Å². The maximum Gasteiger partial charge on any atom is 0.315 e. The monoisotopic (exact) mass is 330 g/mol. The standard InChI is InChI=1S/C19H26N2O3/c1-12(2)17(21-19(22)20-14-7-6-10-23-11-14)18-13(3)15-8-4-5-9-16(15)24-18/h4-5,8-9,12,14,17H,6-7,10-11H2,1-3H3,(H2,20,21,22)/t14?,17-/m1/s1. The highest BCUT2D eigenvalue weighted by Gasteiger charge is 2.26. The number of para-hydroxylation sites is 1. The van der Waals surface area contributed by atoms with Crippen LogP contribution in [0.1, 0.15) is 44.1 Å². The van der Waals surface area contributed by atoms with Crippen LogP contribution in [0.5, 0.6) is 0 Å². The molecular formula is C19H26N2O3. The second-order valence-electron chi connectivity index (χ2n) is 6.84. The van der Waals surface area contributed by atoms with E-state index in [0.717, 1.165) is 41.7 Å². The van der Waals surface area contributed by atoms with Gasteiger partial charge in [0.2, 0.25) is 0 Å². The Bertz CT molecular complexity index is 702. The summed E-state index contributed by atoms with van der Waals surface area (Å²) < 4.78 is 11.5. The molecular weight excluding hydrogens is 304 g/mol. The minimum Gasteiger partial charge on any atom is -0.459 e. The second kappa shape index (κ2) is 7.26. The van der Waals surface area contributed by atoms with Crippen molar-refractivity contribution in [1.29, 1.82) is 0 Å². The quantitative estimate of drug-likeness (QED) is 0.893. The summed E-state index contributed by atoms with van der Waals surface area (Å²) in [7, 11) is 0. The Labute approximate surface area is 142 Å². The topological polar surface area (TPSA) is 63.5 Å². The van der Waals surface area contributed by atoms with Gasteiger partial charge in [0.05, 0.1) is 18.7 Å². The molecule has 1 fully saturated rings. The maximum atomic E-state index is 12.4. The zero-order chi connectivity index (χ0) is 17.1. The third-order valence-electron chi connectivity index (χ3n) is 4.61. The van der Waals surface area contributed by atoms with E-state index >= 15 is 0 Å². The van der Waals surface area contributed by atoms with Crippen LogP contribution in [0.25, 0.3) is 11.0 Å². The molecule has 1 saturated heterocycles. The Balaban J connectivity index is 1.76. The Morgan fingerprint density at radius 3 is 2.75 bits per heavy atom. The van der Waals surface area contributed by atoms with Crippen molar-refractivity contribution in [3.05, 3.63) is 35.6 Å². The molecule has 24 heavy (non-hydrogen) atoms. The number of amides is 2. The minimum atomic E-state index is -0.165. The van der Waals surface area contributed by atoms with E-state index in [0.29, 0.717) is 6.61 Å². The first-order chi connectivity index (χ1) is 11.6. The van der Waals surface area contributed by atoms with Crippen LogP contribution >= 0.6 is 0 Å². The number of ether oxygens (including phenoxy) is 1. The first-order valence-corrected chi connectivity index (χ1v) is 8.69. The molecule has 3 rings (SSSR count). The first kappa shape index (κ1) is 16.8. The van der Waals surface area contributed by atoms with Crippen LogP contribution in [0.4, 0.5) is 4.79 Å². The molecule has 2 N–H and O–H groups in total. The van der Waals surface area contributed by atoms with Gasteiger partial charge in [-0.05, 0) is 31.7 Å². The Morgan fingerprint density at radius 2 is 2.08 bits per heavy atom. The lowest BCUT2D eigenvalue weighted by Gasteiger charge is -2.26. The zero-order valence-corrected chi connectivity index (χ0v) is 14.6. The summed E-state index contributed by atoms with van der Waals surface area (Å²) >= 11 is 0. The highest BCUT2D eigenvalue weighted by molar-refractivity contribution is 5.82. The predicted molar refractivity (Wildman–Crippen MR) is 94.0 cm³/mol. The summed E-state index contributed by atoms with van der Waals surface area (Å²) in [5.41, 5.74) is 1.95. The van der Waals surface area contributed by atoms with E-state index in [2.05, 4.69) is 30.5 Å². The number of fused-ring (bicyclic) bond motifs is 1. The molecule has 0 bridgehead atoms. The summed E-state index contributed by atoms with van der Waals surface area (Å²) in [6.07, 6.45) is 1.95. The van der Waals surface area contributed by atoms with Gasteiger partial charge in [-0.2, -0.15) is 0 Å². The highest BCUT2D eigenvalue weighted by Crippen LogP contribution is 2.32. The lowest BCUT2D eigenvalue weighted by Crippen LogP contribution is -2.47. The summed E-state index contributed by atoms with van der Waals surface area (Å²) in [5, 5.41) is 7.19. The van der Waals surface area contributed by atoms with Gasteiger partial charge in [0.25, 0.3) is 0 Å². The molecule has 130 valence electrons. The van der Waals surface area contributed by atoms with Gasteiger partial charge in [-0.3, -0.25) is 0 Å². The van der Waals surface area contributed by atoms with Gasteiger partial charge < -0.3 is 19.8 Å². The molecule has 2 atom stereocenters. The third kappa shape index (κ3) is 3.56. The van der Waals surface area contributed by atoms with Crippen molar-refractivity contribution in [1.82, 2.24) is 10.6 Å². The second-order valence-corrected chi connectivity index (χ2v) is 6.84. The van der Waals surface area contributed by atoms with Gasteiger partial charge in [-0.15, -0.1) is 0 Å². The van der Waals surface area contributed by atoms with Crippen molar-refractivity contribution in [3.8, 4) is 0 Å². The number of carbonyl (C=O) groups is 1. The number of hydrogen-bond acceptors (Lipinski definition) is 3. The van der Waals surface area contributed by atoms with Crippen LogP contribution < -0.4 is 10.6 Å². The molecule has 1 aliphatic rings. The molecule has 5 nitrogen and oxygen atoms in total. The number of benzene rings is 1. The molecule has 0 spiro atoms. The van der Waals surface area contributed by atoms with Gasteiger partial charge in [-0.25, -0.2) is 4.79 Å². The van der Waals surface area contributed by atoms with Gasteiger partial charge in [0.15, 0.2) is 0 Å². The van der Waals surface area contributed by atoms with Crippen LogP contribution in [0.15, 0.2) is 28.7 Å². The molecule has 5 heteroatoms. The van der Waals surface area contributed by atoms with E-state index in [1.165, 1.54) is 0 Å². The average molecular weight is 330 g/mol. The van der Waals surface area contributed by atoms with Crippen LogP contribution in [0.3, 0.4) is 0 Å². The molecule has 1 aromatic carbocycles. The van der Waals surface area contributed by atoms with E-state index in [-0.39, 0.29) is 24.0 Å². The number of hydrogen-bond donors (Lipinski definition) is 2. The zero-order valence-electron chi connectivity index (χ0n) is 14.6. The van der Waals surface area contributed by atoms with Crippen molar-refractivity contribution in [2.24, 2.45) is 5.92 Å². The smallest absolute Gasteiger partial charge is 0.315 e. The van der Waals surface area contributed by atoms with E-state index < -0.39 is 0 Å². The van der Waals surface area contributed by atoms with Gasteiger partial charge in [-0.1, -0.05) is 32.0 Å². The largest absolute Gasteiger partial charge is 0.459 e. The fourth-order valence-electron chi connectivity index (χ4n) is 3.25. The Kier molecular flexibility index (Phi) is 5.09. The van der Waals surface area contributed by atoms with Crippen molar-refractivity contribution >= 4 is 17.0 Å². The number of urea groups is 1. The van der Waals surface area contributed by atoms with Crippen LogP contribution in [0, 0.1) is 12.8 Å². The van der Waals surface area contributed by atoms with Crippen molar-refractivity contribution in [2.75, 3.05) is 13.2 Å². The molecule has 2 aromatic rings. The van der Waals surface area contributed by atoms with E-state index in [1.54, 1.807) is 0 Å². The van der Waals surface area contributed by atoms with Crippen LogP contribution in [-0.2, 0) is 4.74 Å². The van der Waals surface area contributed by atoms with E-state index in [9.17, 15) is 4.79 Å². The molecule has 1 aliphatic heterocycles. The molecule has 0 radical (unpaired) electrons. The predicted octanol–water partition coefficient (Wildman–Crippen LogP) is 3.92. The Morgan fingerprint density at radius 1 is 1.29 bits per heavy atom. The lowest BCUT2D eigenvalue weighted by molar-refractivity contribution is 0.0728. The number of rotatable bonds is 4. The SMILES string of the molecule is Cc1c([C@H](NC(=O)NC2CCCOC2)C(C)C)oc2ccccc12. The third-order valence-corrected chi connectivity index (χ3v) is 4.61. The first-order valence-electron chi connectivity index (χ1n) is 8.69. The van der Waals surface area contributed by atoms with Gasteiger partial charge in [0.1, 0.15) is 11.3 Å². The minimum absolute atomic E-state index is 0.0864. The average Bonchev–Trinajstić information content (AvgIpc) is 2.90. The highest BCUT2D eigenvalue weighted by atomic mass is 16.5. The van der Waals surface area contributed by atoms with Gasteiger partial charge >= 0.3 is 6.03 Å². The van der Waals surface area contributed by atoms with Crippen molar-refractivity contribution < 1.29 is 13.9 Å². The van der Waals surface area contributed by atoms with Crippen molar-refractivity contribution in [3.63, 3.8) is 0 Å². The molecule has 1 unspecified atom stereocenters. The Hall–Kier alpha value is -2.01. The molecule has 2 heterocycles. The lowest BCUT2D eigenvalue weighted by atomic mass is 9.98. The molecule has 0 saturated carbocycles. The van der Waals surface area contributed by atoms with Gasteiger partial charge in [0, 0.05) is 17.6 Å². The fourth-order valence-corrected chi connectivity index (χ4v) is 3.25. The molecule has 1 aromatic heterocycles. The fraction of sp³-hybridized carbons (Fsp3) is 0.526. The van der Waals surface area contributed by atoms with Crippen LogP contribution in [0.2, 0.25) is 0 Å². The normalized spacial score (nSPS) is 19.4. The number of carbonyl (C=O) groups excluding carboxylic acids is 1. The van der Waals surface area contributed by atoms with E-state index in [4.69, 9.17) is 9.15 Å². The van der Waals surface area contributed by atoms with E-state index in [1.807, 2.05) is 25.1 Å². The summed E-state index contributed by atoms with van der Waals surface area (Å²) in [5.74, 6) is 1.05. The summed E-state index contributed by atoms with van der Waals surface area (Å²) in [6.45, 7) is 7.59. The summed E-state index contributed by atoms with van der Waals surface area (Å²) in [6, 6.07) is 7.73. The molecule has 0 aliphatic carbocycles. The molecule has 2 amide bonds. The van der Waals surface area contributed by atoms with Crippen LogP contribution in [-0.4, -0.2) is 25.3 Å². The number of aryl methyl sites for hydroxylation is 1.